The highest BCUT2D eigenvalue weighted by molar-refractivity contribution is 6.42. The van der Waals surface area contributed by atoms with Crippen molar-refractivity contribution in [1.82, 2.24) is 18.7 Å². The molecule has 1 aliphatic carbocycles. The average Bonchev–Trinajstić information content (AvgIpc) is 3.24. The number of rotatable bonds is 4. The fourth-order valence-corrected chi connectivity index (χ4v) is 4.13. The monoisotopic (exact) mass is 437 g/mol. The van der Waals surface area contributed by atoms with Gasteiger partial charge in [0.15, 0.2) is 11.2 Å². The topological polar surface area (TPSA) is 94.1 Å². The molecule has 8 nitrogen and oxygen atoms in total. The summed E-state index contributed by atoms with van der Waals surface area (Å²) in [6.07, 6.45) is 2.03. The molecule has 1 aromatic carbocycles. The summed E-state index contributed by atoms with van der Waals surface area (Å²) in [4.78, 5) is 30.4. The molecule has 0 bridgehead atoms. The van der Waals surface area contributed by atoms with Crippen molar-refractivity contribution >= 4 is 40.3 Å². The molecule has 1 saturated carbocycles. The number of halogens is 2. The maximum absolute atomic E-state index is 13.1. The predicted molar refractivity (Wildman–Crippen MR) is 113 cm³/mol. The number of aliphatic hydroxyl groups excluding tert-OH is 1. The number of anilines is 1. The van der Waals surface area contributed by atoms with Crippen LogP contribution in [-0.4, -0.2) is 35.9 Å². The Bertz CT molecular complexity index is 1210. The first kappa shape index (κ1) is 20.0. The summed E-state index contributed by atoms with van der Waals surface area (Å²) in [6, 6.07) is 4.87. The first-order valence-electron chi connectivity index (χ1n) is 9.32. The van der Waals surface area contributed by atoms with E-state index in [4.69, 9.17) is 23.2 Å². The third kappa shape index (κ3) is 3.45. The summed E-state index contributed by atoms with van der Waals surface area (Å²) in [7, 11) is 3.30. The Morgan fingerprint density at radius 1 is 1.17 bits per heavy atom. The van der Waals surface area contributed by atoms with E-state index in [-0.39, 0.29) is 12.6 Å². The van der Waals surface area contributed by atoms with Crippen molar-refractivity contribution in [3.05, 3.63) is 54.6 Å². The second kappa shape index (κ2) is 7.51. The molecule has 10 heteroatoms. The van der Waals surface area contributed by atoms with Gasteiger partial charge in [-0.25, -0.2) is 4.79 Å². The summed E-state index contributed by atoms with van der Waals surface area (Å²) in [5.41, 5.74) is 0.376. The summed E-state index contributed by atoms with van der Waals surface area (Å²) in [5, 5.41) is 14.1. The zero-order valence-corrected chi connectivity index (χ0v) is 17.5. The van der Waals surface area contributed by atoms with Crippen molar-refractivity contribution in [1.29, 1.82) is 0 Å². The van der Waals surface area contributed by atoms with Crippen LogP contribution in [-0.2, 0) is 20.6 Å². The summed E-state index contributed by atoms with van der Waals surface area (Å²) in [6.45, 7) is 0.0631. The molecule has 0 radical (unpaired) electrons. The van der Waals surface area contributed by atoms with Crippen LogP contribution in [0.15, 0.2) is 27.8 Å². The molecule has 1 fully saturated rings. The Morgan fingerprint density at radius 3 is 2.59 bits per heavy atom. The summed E-state index contributed by atoms with van der Waals surface area (Å²) >= 11 is 12.0. The zero-order chi connectivity index (χ0) is 20.9. The van der Waals surface area contributed by atoms with Gasteiger partial charge >= 0.3 is 5.69 Å². The molecule has 0 saturated heterocycles. The van der Waals surface area contributed by atoms with Crippen LogP contribution < -0.4 is 16.6 Å². The molecule has 1 aliphatic rings. The van der Waals surface area contributed by atoms with Gasteiger partial charge in [-0.05, 0) is 37.0 Å². The van der Waals surface area contributed by atoms with Crippen molar-refractivity contribution in [2.45, 2.75) is 38.0 Å². The Balaban J connectivity index is 1.80. The van der Waals surface area contributed by atoms with E-state index in [1.165, 1.54) is 4.57 Å². The van der Waals surface area contributed by atoms with E-state index in [9.17, 15) is 14.7 Å². The van der Waals surface area contributed by atoms with Crippen LogP contribution in [0.1, 0.15) is 24.8 Å². The Labute approximate surface area is 176 Å². The van der Waals surface area contributed by atoms with Crippen LogP contribution in [0.25, 0.3) is 11.2 Å². The molecule has 3 aromatic rings. The van der Waals surface area contributed by atoms with E-state index in [2.05, 4.69) is 10.3 Å². The van der Waals surface area contributed by atoms with Gasteiger partial charge in [0.05, 0.1) is 28.7 Å². The van der Waals surface area contributed by atoms with E-state index in [1.807, 2.05) is 0 Å². The Hall–Kier alpha value is -2.29. The van der Waals surface area contributed by atoms with Crippen LogP contribution in [0.3, 0.4) is 0 Å². The molecule has 2 heterocycles. The summed E-state index contributed by atoms with van der Waals surface area (Å²) < 4.78 is 4.13. The van der Waals surface area contributed by atoms with Gasteiger partial charge in [0.2, 0.25) is 5.95 Å². The number of aliphatic hydroxyl groups is 1. The molecule has 0 spiro atoms. The van der Waals surface area contributed by atoms with E-state index < -0.39 is 17.4 Å². The lowest BCUT2D eigenvalue weighted by molar-refractivity contribution is 0.171. The molecule has 0 aliphatic heterocycles. The van der Waals surface area contributed by atoms with Crippen LogP contribution in [0.2, 0.25) is 10.0 Å². The number of nitrogens with one attached hydrogen (secondary N) is 1. The van der Waals surface area contributed by atoms with E-state index in [0.717, 1.165) is 23.8 Å². The minimum Gasteiger partial charge on any atom is -0.391 e. The van der Waals surface area contributed by atoms with E-state index >= 15 is 0 Å². The van der Waals surface area contributed by atoms with Crippen LogP contribution in [0.5, 0.6) is 0 Å². The fraction of sp³-hybridized carbons (Fsp3) is 0.421. The smallest absolute Gasteiger partial charge is 0.332 e. The standard InChI is InChI=1S/C19H21Cl2N5O3/c1-24-15-16(23-18(24)22-13-4-3-5-14(13)27)25(2)19(29)26(17(15)28)9-10-6-7-11(20)12(21)8-10/h6-8,13-14,27H,3-5,9H2,1-2H3,(H,22,23)/t13-,14-/m0/s1. The number of imidazole rings is 1. The molecule has 2 aromatic heterocycles. The van der Waals surface area contributed by atoms with Crippen molar-refractivity contribution < 1.29 is 5.11 Å². The molecule has 29 heavy (non-hydrogen) atoms. The number of hydrogen-bond acceptors (Lipinski definition) is 5. The highest BCUT2D eigenvalue weighted by Gasteiger charge is 2.27. The van der Waals surface area contributed by atoms with Crippen molar-refractivity contribution in [3.8, 4) is 0 Å². The lowest BCUT2D eigenvalue weighted by Gasteiger charge is -2.16. The summed E-state index contributed by atoms with van der Waals surface area (Å²) in [5.74, 6) is 0.449. The van der Waals surface area contributed by atoms with E-state index in [0.29, 0.717) is 32.7 Å². The first-order valence-corrected chi connectivity index (χ1v) is 10.1. The second-order valence-corrected chi connectivity index (χ2v) is 8.21. The van der Waals surface area contributed by atoms with Crippen LogP contribution in [0.4, 0.5) is 5.95 Å². The minimum atomic E-state index is -0.473. The molecule has 2 N–H and O–H groups in total. The SMILES string of the molecule is Cn1c(N[C@H]2CCC[C@@H]2O)nc2c1c(=O)n(Cc1ccc(Cl)c(Cl)c1)c(=O)n2C. The molecule has 2 atom stereocenters. The van der Waals surface area contributed by atoms with Gasteiger partial charge in [-0.2, -0.15) is 4.98 Å². The lowest BCUT2D eigenvalue weighted by Crippen LogP contribution is -2.39. The van der Waals surface area contributed by atoms with Gasteiger partial charge in [-0.15, -0.1) is 0 Å². The van der Waals surface area contributed by atoms with E-state index in [1.54, 1.807) is 36.9 Å². The van der Waals surface area contributed by atoms with Crippen molar-refractivity contribution in [3.63, 3.8) is 0 Å². The first-order chi connectivity index (χ1) is 13.8. The molecular formula is C19H21Cl2N5O3. The lowest BCUT2D eigenvalue weighted by atomic mass is 10.2. The number of fused-ring (bicyclic) bond motifs is 1. The van der Waals surface area contributed by atoms with Gasteiger partial charge in [-0.1, -0.05) is 29.3 Å². The molecule has 4 rings (SSSR count). The maximum atomic E-state index is 13.1. The normalized spacial score (nSPS) is 19.2. The second-order valence-electron chi connectivity index (χ2n) is 7.40. The van der Waals surface area contributed by atoms with Crippen molar-refractivity contribution in [2.24, 2.45) is 14.1 Å². The van der Waals surface area contributed by atoms with Crippen LogP contribution in [0, 0.1) is 0 Å². The highest BCUT2D eigenvalue weighted by Crippen LogP contribution is 2.24. The molecule has 0 unspecified atom stereocenters. The molecule has 154 valence electrons. The predicted octanol–water partition coefficient (Wildman–Crippen LogP) is 2.11. The number of nitrogens with zero attached hydrogens (tertiary/aromatic N) is 4. The van der Waals surface area contributed by atoms with Gasteiger partial charge in [-0.3, -0.25) is 13.9 Å². The third-order valence-electron chi connectivity index (χ3n) is 5.48. The number of benzene rings is 1. The largest absolute Gasteiger partial charge is 0.391 e. The highest BCUT2D eigenvalue weighted by atomic mass is 35.5. The molecule has 0 amide bonds. The average molecular weight is 438 g/mol. The van der Waals surface area contributed by atoms with Crippen molar-refractivity contribution in [2.75, 3.05) is 5.32 Å². The van der Waals surface area contributed by atoms with Gasteiger partial charge in [0.25, 0.3) is 5.56 Å². The molecular weight excluding hydrogens is 417 g/mol. The zero-order valence-electron chi connectivity index (χ0n) is 16.0. The van der Waals surface area contributed by atoms with Gasteiger partial charge in [0.1, 0.15) is 0 Å². The van der Waals surface area contributed by atoms with Gasteiger partial charge < -0.3 is 15.0 Å². The number of aromatic nitrogens is 4. The fourth-order valence-electron chi connectivity index (χ4n) is 3.81. The number of hydrogen-bond donors (Lipinski definition) is 2. The Morgan fingerprint density at radius 2 is 1.93 bits per heavy atom. The third-order valence-corrected chi connectivity index (χ3v) is 6.22. The quantitative estimate of drug-likeness (QED) is 0.651. The van der Waals surface area contributed by atoms with Gasteiger partial charge in [0, 0.05) is 14.1 Å². The number of aryl methyl sites for hydroxylation is 2. The maximum Gasteiger partial charge on any atom is 0.332 e. The Kier molecular flexibility index (Phi) is 5.18. The van der Waals surface area contributed by atoms with Crippen LogP contribution >= 0.6 is 23.2 Å². The minimum absolute atomic E-state index is 0.0631.